The third-order valence-corrected chi connectivity index (χ3v) is 5.00. The fourth-order valence-electron chi connectivity index (χ4n) is 3.39. The molecule has 0 saturated carbocycles. The van der Waals surface area contributed by atoms with Crippen LogP contribution in [0.5, 0.6) is 11.5 Å². The van der Waals surface area contributed by atoms with Crippen molar-refractivity contribution in [2.75, 3.05) is 39.4 Å². The van der Waals surface area contributed by atoms with Crippen molar-refractivity contribution < 1.29 is 19.1 Å². The maximum absolute atomic E-state index is 12.7. The summed E-state index contributed by atoms with van der Waals surface area (Å²) in [6, 6.07) is 5.31. The molecule has 2 aliphatic rings. The number of hydrogen-bond donors (Lipinski definition) is 0. The number of amides is 2. The van der Waals surface area contributed by atoms with E-state index in [-0.39, 0.29) is 17.7 Å². The number of carbonyl (C=O) groups excluding carboxylic acids is 2. The molecule has 1 aromatic carbocycles. The number of benzene rings is 1. The van der Waals surface area contributed by atoms with Crippen LogP contribution in [0.4, 0.5) is 0 Å². The van der Waals surface area contributed by atoms with Gasteiger partial charge in [0, 0.05) is 37.7 Å². The summed E-state index contributed by atoms with van der Waals surface area (Å²) in [5.74, 6) is 1.60. The van der Waals surface area contributed by atoms with Gasteiger partial charge >= 0.3 is 0 Å². The molecule has 0 aliphatic carbocycles. The fraction of sp³-hybridized carbons (Fsp3) is 0.579. The summed E-state index contributed by atoms with van der Waals surface area (Å²) in [5, 5.41) is 0. The van der Waals surface area contributed by atoms with E-state index < -0.39 is 0 Å². The van der Waals surface area contributed by atoms with Crippen molar-refractivity contribution >= 4 is 11.8 Å². The molecule has 0 N–H and O–H groups in total. The molecule has 136 valence electrons. The lowest BCUT2D eigenvalue weighted by Crippen LogP contribution is -2.51. The average molecular weight is 346 g/mol. The predicted molar refractivity (Wildman–Crippen MR) is 94.0 cm³/mol. The van der Waals surface area contributed by atoms with Crippen LogP contribution >= 0.6 is 0 Å². The summed E-state index contributed by atoms with van der Waals surface area (Å²) >= 11 is 0. The van der Waals surface area contributed by atoms with Gasteiger partial charge in [0.2, 0.25) is 5.91 Å². The number of piperazine rings is 1. The van der Waals surface area contributed by atoms with Crippen LogP contribution in [0.3, 0.4) is 0 Å². The third-order valence-electron chi connectivity index (χ3n) is 5.00. The van der Waals surface area contributed by atoms with Gasteiger partial charge < -0.3 is 19.3 Å². The van der Waals surface area contributed by atoms with Crippen LogP contribution < -0.4 is 9.47 Å². The summed E-state index contributed by atoms with van der Waals surface area (Å²) in [6.07, 6.45) is 1.73. The van der Waals surface area contributed by atoms with Crippen LogP contribution in [0, 0.1) is 5.92 Å². The number of fused-ring (bicyclic) bond motifs is 1. The molecule has 1 aromatic rings. The fourth-order valence-corrected chi connectivity index (χ4v) is 3.39. The van der Waals surface area contributed by atoms with Gasteiger partial charge in [-0.2, -0.15) is 0 Å². The number of carbonyl (C=O) groups is 2. The van der Waals surface area contributed by atoms with Crippen LogP contribution in [0.15, 0.2) is 18.2 Å². The SMILES string of the molecule is CCC(CC)C(=O)N1CCN(C(=O)c2ccc3c(c2)OCCO3)CC1. The van der Waals surface area contributed by atoms with Gasteiger partial charge in [0.15, 0.2) is 11.5 Å². The van der Waals surface area contributed by atoms with Gasteiger partial charge in [-0.1, -0.05) is 13.8 Å². The van der Waals surface area contributed by atoms with Crippen molar-refractivity contribution in [2.45, 2.75) is 26.7 Å². The second kappa shape index (κ2) is 7.76. The zero-order valence-corrected chi connectivity index (χ0v) is 15.0. The molecule has 1 fully saturated rings. The van der Waals surface area contributed by atoms with Crippen LogP contribution in [-0.4, -0.2) is 61.0 Å². The van der Waals surface area contributed by atoms with E-state index >= 15 is 0 Å². The van der Waals surface area contributed by atoms with E-state index in [9.17, 15) is 9.59 Å². The Labute approximate surface area is 148 Å². The molecular weight excluding hydrogens is 320 g/mol. The minimum atomic E-state index is -0.0217. The Bertz CT molecular complexity index is 634. The number of nitrogens with zero attached hydrogens (tertiary/aromatic N) is 2. The molecule has 0 unspecified atom stereocenters. The summed E-state index contributed by atoms with van der Waals surface area (Å²) in [5.41, 5.74) is 0.601. The van der Waals surface area contributed by atoms with Crippen molar-refractivity contribution in [3.63, 3.8) is 0 Å². The summed E-state index contributed by atoms with van der Waals surface area (Å²) < 4.78 is 11.0. The minimum absolute atomic E-state index is 0.0217. The summed E-state index contributed by atoms with van der Waals surface area (Å²) in [7, 11) is 0. The van der Waals surface area contributed by atoms with E-state index in [0.717, 1.165) is 12.8 Å². The van der Waals surface area contributed by atoms with Crippen molar-refractivity contribution in [3.8, 4) is 11.5 Å². The molecule has 1 saturated heterocycles. The van der Waals surface area contributed by atoms with E-state index in [1.807, 2.05) is 23.6 Å². The Morgan fingerprint density at radius 3 is 2.20 bits per heavy atom. The molecule has 0 atom stereocenters. The molecule has 0 bridgehead atoms. The molecule has 25 heavy (non-hydrogen) atoms. The van der Waals surface area contributed by atoms with Crippen LogP contribution in [0.2, 0.25) is 0 Å². The normalized spacial score (nSPS) is 16.9. The van der Waals surface area contributed by atoms with Gasteiger partial charge in [0.25, 0.3) is 5.91 Å². The maximum Gasteiger partial charge on any atom is 0.254 e. The monoisotopic (exact) mass is 346 g/mol. The Morgan fingerprint density at radius 1 is 0.960 bits per heavy atom. The highest BCUT2D eigenvalue weighted by atomic mass is 16.6. The number of hydrogen-bond acceptors (Lipinski definition) is 4. The average Bonchev–Trinajstić information content (AvgIpc) is 2.68. The zero-order chi connectivity index (χ0) is 17.8. The second-order valence-corrected chi connectivity index (χ2v) is 6.49. The lowest BCUT2D eigenvalue weighted by molar-refractivity contribution is -0.137. The molecule has 0 aromatic heterocycles. The highest BCUT2D eigenvalue weighted by molar-refractivity contribution is 5.95. The Kier molecular flexibility index (Phi) is 5.46. The predicted octanol–water partition coefficient (Wildman–Crippen LogP) is 2.18. The van der Waals surface area contributed by atoms with Crippen LogP contribution in [-0.2, 0) is 4.79 Å². The van der Waals surface area contributed by atoms with Gasteiger partial charge in [0.1, 0.15) is 13.2 Å². The van der Waals surface area contributed by atoms with Gasteiger partial charge in [-0.25, -0.2) is 0 Å². The molecule has 3 rings (SSSR count). The van der Waals surface area contributed by atoms with Crippen molar-refractivity contribution in [1.82, 2.24) is 9.80 Å². The number of rotatable bonds is 4. The first kappa shape index (κ1) is 17.6. The minimum Gasteiger partial charge on any atom is -0.486 e. The van der Waals surface area contributed by atoms with Crippen molar-refractivity contribution in [1.29, 1.82) is 0 Å². The molecule has 6 heteroatoms. The quantitative estimate of drug-likeness (QED) is 0.838. The topological polar surface area (TPSA) is 59.1 Å². The van der Waals surface area contributed by atoms with Gasteiger partial charge in [-0.3, -0.25) is 9.59 Å². The first-order valence-electron chi connectivity index (χ1n) is 9.11. The van der Waals surface area contributed by atoms with Gasteiger partial charge in [-0.05, 0) is 31.0 Å². The van der Waals surface area contributed by atoms with E-state index in [4.69, 9.17) is 9.47 Å². The molecule has 2 heterocycles. The Balaban J connectivity index is 1.61. The van der Waals surface area contributed by atoms with E-state index in [0.29, 0.717) is 56.5 Å². The first-order valence-corrected chi connectivity index (χ1v) is 9.11. The highest BCUT2D eigenvalue weighted by Gasteiger charge is 2.28. The van der Waals surface area contributed by atoms with Crippen molar-refractivity contribution in [2.24, 2.45) is 5.92 Å². The van der Waals surface area contributed by atoms with Crippen LogP contribution in [0.25, 0.3) is 0 Å². The Hall–Kier alpha value is -2.24. The standard InChI is InChI=1S/C19H26N2O4/c1-3-14(4-2)18(22)20-7-9-21(10-8-20)19(23)15-5-6-16-17(13-15)25-12-11-24-16/h5-6,13-14H,3-4,7-12H2,1-2H3. The first-order chi connectivity index (χ1) is 12.1. The zero-order valence-electron chi connectivity index (χ0n) is 15.0. The summed E-state index contributed by atoms with van der Waals surface area (Å²) in [6.45, 7) is 7.48. The number of ether oxygens (including phenoxy) is 2. The molecule has 0 spiro atoms. The summed E-state index contributed by atoms with van der Waals surface area (Å²) in [4.78, 5) is 28.9. The van der Waals surface area contributed by atoms with Crippen LogP contribution in [0.1, 0.15) is 37.0 Å². The molecule has 6 nitrogen and oxygen atoms in total. The lowest BCUT2D eigenvalue weighted by atomic mass is 10.0. The second-order valence-electron chi connectivity index (χ2n) is 6.49. The van der Waals surface area contributed by atoms with Gasteiger partial charge in [0.05, 0.1) is 0 Å². The van der Waals surface area contributed by atoms with E-state index in [1.54, 1.807) is 18.2 Å². The highest BCUT2D eigenvalue weighted by Crippen LogP contribution is 2.31. The smallest absolute Gasteiger partial charge is 0.254 e. The van der Waals surface area contributed by atoms with E-state index in [2.05, 4.69) is 0 Å². The van der Waals surface area contributed by atoms with E-state index in [1.165, 1.54) is 0 Å². The maximum atomic E-state index is 12.7. The van der Waals surface area contributed by atoms with Crippen molar-refractivity contribution in [3.05, 3.63) is 23.8 Å². The third kappa shape index (κ3) is 3.72. The lowest BCUT2D eigenvalue weighted by Gasteiger charge is -2.36. The molecule has 2 aliphatic heterocycles. The van der Waals surface area contributed by atoms with Gasteiger partial charge in [-0.15, -0.1) is 0 Å². The molecule has 2 amide bonds. The molecular formula is C19H26N2O4. The largest absolute Gasteiger partial charge is 0.486 e. The Morgan fingerprint density at radius 2 is 1.56 bits per heavy atom. The molecule has 0 radical (unpaired) electrons.